The van der Waals surface area contributed by atoms with Crippen molar-refractivity contribution in [1.82, 2.24) is 24.4 Å². The van der Waals surface area contributed by atoms with E-state index in [1.165, 1.54) is 22.9 Å². The number of aryl methyl sites for hydroxylation is 1. The van der Waals surface area contributed by atoms with Crippen molar-refractivity contribution in [2.24, 2.45) is 7.05 Å². The Balaban J connectivity index is 1.66. The van der Waals surface area contributed by atoms with Crippen LogP contribution in [0.2, 0.25) is 0 Å². The van der Waals surface area contributed by atoms with E-state index in [-0.39, 0.29) is 23.8 Å². The maximum Gasteiger partial charge on any atom is 0.269 e. The first-order valence-corrected chi connectivity index (χ1v) is 8.99. The number of carbonyl (C=O) groups excluding carboxylic acids is 1. The van der Waals surface area contributed by atoms with Gasteiger partial charge in [0.05, 0.1) is 17.2 Å². The first-order valence-electron chi connectivity index (χ1n) is 8.99. The van der Waals surface area contributed by atoms with Crippen LogP contribution in [0.1, 0.15) is 17.4 Å². The standard InChI is InChI=1S/C21H18FN5O2/c1-26-11-10-23-21(26)20(14-6-8-15(22)9-7-14)25-18(28)13-27-17-5-3-2-4-16(17)24-12-19(27)29/h2-12,20H,13H2,1H3,(H,25,28). The summed E-state index contributed by atoms with van der Waals surface area (Å²) in [6.45, 7) is -0.177. The van der Waals surface area contributed by atoms with E-state index in [4.69, 9.17) is 0 Å². The number of imidazole rings is 1. The zero-order valence-corrected chi connectivity index (χ0v) is 15.6. The molecule has 0 spiro atoms. The predicted octanol–water partition coefficient (Wildman–Crippen LogP) is 2.17. The van der Waals surface area contributed by atoms with Crippen LogP contribution in [0.5, 0.6) is 0 Å². The van der Waals surface area contributed by atoms with Crippen LogP contribution in [0, 0.1) is 5.82 Å². The molecule has 146 valence electrons. The van der Waals surface area contributed by atoms with Crippen molar-refractivity contribution in [1.29, 1.82) is 0 Å². The van der Waals surface area contributed by atoms with Crippen LogP contribution in [0.3, 0.4) is 0 Å². The predicted molar refractivity (Wildman–Crippen MR) is 106 cm³/mol. The molecule has 2 aromatic carbocycles. The molecule has 1 N–H and O–H groups in total. The summed E-state index contributed by atoms with van der Waals surface area (Å²) < 4.78 is 16.5. The number of halogens is 1. The molecule has 1 amide bonds. The first kappa shape index (κ1) is 18.5. The summed E-state index contributed by atoms with van der Waals surface area (Å²) in [5, 5.41) is 2.91. The summed E-state index contributed by atoms with van der Waals surface area (Å²) in [5.74, 6) is -0.147. The normalized spacial score (nSPS) is 12.1. The highest BCUT2D eigenvalue weighted by atomic mass is 19.1. The number of amides is 1. The van der Waals surface area contributed by atoms with E-state index < -0.39 is 6.04 Å². The molecule has 1 atom stereocenters. The average molecular weight is 391 g/mol. The minimum absolute atomic E-state index is 0.177. The molecule has 4 aromatic rings. The largest absolute Gasteiger partial charge is 0.341 e. The van der Waals surface area contributed by atoms with E-state index in [0.717, 1.165) is 0 Å². The number of nitrogens with one attached hydrogen (secondary N) is 1. The molecule has 2 aromatic heterocycles. The third-order valence-corrected chi connectivity index (χ3v) is 4.68. The minimum atomic E-state index is -0.591. The van der Waals surface area contributed by atoms with E-state index in [9.17, 15) is 14.0 Å². The summed E-state index contributed by atoms with van der Waals surface area (Å²) in [5.41, 5.74) is 1.51. The van der Waals surface area contributed by atoms with Crippen molar-refractivity contribution in [2.75, 3.05) is 0 Å². The van der Waals surface area contributed by atoms with Gasteiger partial charge in [-0.1, -0.05) is 24.3 Å². The number of hydrogen-bond acceptors (Lipinski definition) is 4. The minimum Gasteiger partial charge on any atom is -0.341 e. The van der Waals surface area contributed by atoms with Gasteiger partial charge in [0.25, 0.3) is 5.56 Å². The fourth-order valence-corrected chi connectivity index (χ4v) is 3.24. The Labute approximate surface area is 165 Å². The Morgan fingerprint density at radius 2 is 1.90 bits per heavy atom. The van der Waals surface area contributed by atoms with Crippen LogP contribution in [0.4, 0.5) is 4.39 Å². The monoisotopic (exact) mass is 391 g/mol. The number of carbonyl (C=O) groups is 1. The van der Waals surface area contributed by atoms with Crippen LogP contribution in [0.15, 0.2) is 71.9 Å². The molecule has 8 heteroatoms. The average Bonchev–Trinajstić information content (AvgIpc) is 3.15. The van der Waals surface area contributed by atoms with Crippen LogP contribution in [-0.2, 0) is 18.4 Å². The van der Waals surface area contributed by atoms with Crippen LogP contribution in [0.25, 0.3) is 11.0 Å². The van der Waals surface area contributed by atoms with Crippen molar-refractivity contribution in [3.05, 3.63) is 94.7 Å². The second-order valence-electron chi connectivity index (χ2n) is 6.62. The van der Waals surface area contributed by atoms with Gasteiger partial charge >= 0.3 is 0 Å². The van der Waals surface area contributed by atoms with Gasteiger partial charge in [0.2, 0.25) is 5.91 Å². The third-order valence-electron chi connectivity index (χ3n) is 4.68. The molecule has 29 heavy (non-hydrogen) atoms. The van der Waals surface area contributed by atoms with E-state index in [1.54, 1.807) is 47.3 Å². The lowest BCUT2D eigenvalue weighted by Gasteiger charge is -2.20. The Morgan fingerprint density at radius 1 is 1.14 bits per heavy atom. The summed E-state index contributed by atoms with van der Waals surface area (Å²) in [6.07, 6.45) is 4.59. The molecule has 1 unspecified atom stereocenters. The number of fused-ring (bicyclic) bond motifs is 1. The SMILES string of the molecule is Cn1ccnc1C(NC(=O)Cn1c(=O)cnc2ccccc21)c1ccc(F)cc1. The van der Waals surface area contributed by atoms with Gasteiger partial charge in [-0.2, -0.15) is 0 Å². The topological polar surface area (TPSA) is 81.8 Å². The van der Waals surface area contributed by atoms with E-state index >= 15 is 0 Å². The van der Waals surface area contributed by atoms with E-state index in [1.807, 2.05) is 13.1 Å². The number of hydrogen-bond donors (Lipinski definition) is 1. The molecule has 0 saturated heterocycles. The summed E-state index contributed by atoms with van der Waals surface area (Å²) in [4.78, 5) is 33.6. The number of rotatable bonds is 5. The number of benzene rings is 2. The van der Waals surface area contributed by atoms with Gasteiger partial charge in [-0.15, -0.1) is 0 Å². The molecule has 4 rings (SSSR count). The van der Waals surface area contributed by atoms with Crippen molar-refractivity contribution < 1.29 is 9.18 Å². The van der Waals surface area contributed by atoms with E-state index in [2.05, 4.69) is 15.3 Å². The van der Waals surface area contributed by atoms with Crippen molar-refractivity contribution >= 4 is 16.9 Å². The Kier molecular flexibility index (Phi) is 4.90. The van der Waals surface area contributed by atoms with Crippen LogP contribution >= 0.6 is 0 Å². The molecule has 0 aliphatic rings. The molecule has 0 saturated carbocycles. The second kappa shape index (κ2) is 7.67. The summed E-state index contributed by atoms with van der Waals surface area (Å²) in [7, 11) is 1.81. The zero-order chi connectivity index (χ0) is 20.4. The van der Waals surface area contributed by atoms with Gasteiger partial charge in [0.1, 0.15) is 24.2 Å². The van der Waals surface area contributed by atoms with Gasteiger partial charge in [0, 0.05) is 19.4 Å². The highest BCUT2D eigenvalue weighted by molar-refractivity contribution is 5.80. The van der Waals surface area contributed by atoms with Gasteiger partial charge < -0.3 is 9.88 Å². The highest BCUT2D eigenvalue weighted by Crippen LogP contribution is 2.21. The quantitative estimate of drug-likeness (QED) is 0.565. The highest BCUT2D eigenvalue weighted by Gasteiger charge is 2.21. The molecule has 0 bridgehead atoms. The lowest BCUT2D eigenvalue weighted by molar-refractivity contribution is -0.122. The molecule has 0 aliphatic carbocycles. The Morgan fingerprint density at radius 3 is 2.62 bits per heavy atom. The summed E-state index contributed by atoms with van der Waals surface area (Å²) in [6, 6.07) is 12.4. The van der Waals surface area contributed by atoms with Crippen LogP contribution < -0.4 is 10.9 Å². The van der Waals surface area contributed by atoms with Gasteiger partial charge in [-0.25, -0.2) is 14.4 Å². The Hall–Kier alpha value is -3.81. The number of aromatic nitrogens is 4. The number of para-hydroxylation sites is 2. The lowest BCUT2D eigenvalue weighted by atomic mass is 10.1. The van der Waals surface area contributed by atoms with Crippen molar-refractivity contribution in [3.8, 4) is 0 Å². The fourth-order valence-electron chi connectivity index (χ4n) is 3.24. The number of nitrogens with zero attached hydrogens (tertiary/aromatic N) is 4. The smallest absolute Gasteiger partial charge is 0.269 e. The maximum atomic E-state index is 13.4. The Bertz CT molecular complexity index is 1230. The molecule has 0 fully saturated rings. The van der Waals surface area contributed by atoms with Gasteiger partial charge in [-0.05, 0) is 29.8 Å². The lowest BCUT2D eigenvalue weighted by Crippen LogP contribution is -2.36. The van der Waals surface area contributed by atoms with Gasteiger partial charge in [-0.3, -0.25) is 14.2 Å². The molecular formula is C21H18FN5O2. The zero-order valence-electron chi connectivity index (χ0n) is 15.6. The molecule has 0 radical (unpaired) electrons. The first-order chi connectivity index (χ1) is 14.0. The van der Waals surface area contributed by atoms with E-state index in [0.29, 0.717) is 22.4 Å². The molecule has 7 nitrogen and oxygen atoms in total. The third kappa shape index (κ3) is 3.77. The maximum absolute atomic E-state index is 13.4. The summed E-state index contributed by atoms with van der Waals surface area (Å²) >= 11 is 0. The van der Waals surface area contributed by atoms with Gasteiger partial charge in [0.15, 0.2) is 0 Å². The van der Waals surface area contributed by atoms with Crippen molar-refractivity contribution in [3.63, 3.8) is 0 Å². The molecule has 2 heterocycles. The fraction of sp³-hybridized carbons (Fsp3) is 0.143. The van der Waals surface area contributed by atoms with Crippen molar-refractivity contribution in [2.45, 2.75) is 12.6 Å². The van der Waals surface area contributed by atoms with Crippen LogP contribution in [-0.4, -0.2) is 25.0 Å². The molecular weight excluding hydrogens is 373 g/mol. The molecule has 0 aliphatic heterocycles. The second-order valence-corrected chi connectivity index (χ2v) is 6.62.